The number of nitrogens with zero attached hydrogens (tertiary/aromatic N) is 2. The first kappa shape index (κ1) is 21.6. The lowest BCUT2D eigenvalue weighted by molar-refractivity contribution is -0.142. The standard InChI is InChI=1S/C18H16F3N3O5S/c1-11(17(25)26)23-30(27,28)13-7-5-12(6-8-13)29-10-14-15-4-2-3-9-24(15)22-16(14)18(19,20)21/h2-9,11,23H,10H2,1H3,(H,25,26). The second kappa shape index (κ2) is 7.95. The number of hydrogen-bond donors (Lipinski definition) is 2. The Morgan fingerprint density at radius 3 is 2.50 bits per heavy atom. The number of sulfonamides is 1. The van der Waals surface area contributed by atoms with Crippen LogP contribution in [-0.2, 0) is 27.6 Å². The van der Waals surface area contributed by atoms with Gasteiger partial charge >= 0.3 is 12.1 Å². The number of carboxylic acid groups (broad SMARTS) is 1. The maximum Gasteiger partial charge on any atom is 0.435 e. The van der Waals surface area contributed by atoms with E-state index in [1.165, 1.54) is 31.3 Å². The van der Waals surface area contributed by atoms with Crippen LogP contribution in [-0.4, -0.2) is 35.1 Å². The zero-order chi connectivity index (χ0) is 22.1. The third-order valence-electron chi connectivity index (χ3n) is 4.13. The zero-order valence-corrected chi connectivity index (χ0v) is 16.2. The number of halogens is 3. The van der Waals surface area contributed by atoms with Crippen molar-refractivity contribution < 1.29 is 36.2 Å². The van der Waals surface area contributed by atoms with Crippen molar-refractivity contribution >= 4 is 21.5 Å². The molecule has 8 nitrogen and oxygen atoms in total. The second-order valence-corrected chi connectivity index (χ2v) is 8.01. The third kappa shape index (κ3) is 4.54. The minimum Gasteiger partial charge on any atom is -0.489 e. The Labute approximate surface area is 168 Å². The summed E-state index contributed by atoms with van der Waals surface area (Å²) in [6.45, 7) is 0.731. The fraction of sp³-hybridized carbons (Fsp3) is 0.222. The van der Waals surface area contributed by atoms with Crippen molar-refractivity contribution in [3.63, 3.8) is 0 Å². The number of fused-ring (bicyclic) bond motifs is 1. The van der Waals surface area contributed by atoms with E-state index in [4.69, 9.17) is 9.84 Å². The van der Waals surface area contributed by atoms with Gasteiger partial charge in [0.05, 0.1) is 10.4 Å². The predicted molar refractivity (Wildman–Crippen MR) is 98.4 cm³/mol. The Morgan fingerprint density at radius 2 is 1.90 bits per heavy atom. The molecule has 0 fully saturated rings. The van der Waals surface area contributed by atoms with Crippen molar-refractivity contribution in [3.05, 3.63) is 59.9 Å². The Bertz CT molecular complexity index is 1170. The number of alkyl halides is 3. The molecule has 1 unspecified atom stereocenters. The number of nitrogens with one attached hydrogen (secondary N) is 1. The van der Waals surface area contributed by atoms with Crippen molar-refractivity contribution in [1.29, 1.82) is 0 Å². The summed E-state index contributed by atoms with van der Waals surface area (Å²) < 4.78 is 72.7. The van der Waals surface area contributed by atoms with Crippen LogP contribution >= 0.6 is 0 Å². The first-order valence-corrected chi connectivity index (χ1v) is 9.99. The minimum atomic E-state index is -4.67. The molecule has 0 radical (unpaired) electrons. The monoisotopic (exact) mass is 443 g/mol. The van der Waals surface area contributed by atoms with E-state index in [2.05, 4.69) is 5.10 Å². The first-order chi connectivity index (χ1) is 14.0. The Balaban J connectivity index is 1.80. The van der Waals surface area contributed by atoms with E-state index in [0.29, 0.717) is 0 Å². The highest BCUT2D eigenvalue weighted by Crippen LogP contribution is 2.33. The summed E-state index contributed by atoms with van der Waals surface area (Å²) in [6, 6.07) is 8.11. The molecule has 0 saturated carbocycles. The van der Waals surface area contributed by atoms with Gasteiger partial charge in [0, 0.05) is 11.8 Å². The van der Waals surface area contributed by atoms with Crippen LogP contribution in [0.4, 0.5) is 13.2 Å². The Hall–Kier alpha value is -3.12. The molecular formula is C18H16F3N3O5S. The fourth-order valence-electron chi connectivity index (χ4n) is 2.64. The van der Waals surface area contributed by atoms with Crippen LogP contribution in [0.2, 0.25) is 0 Å². The number of aromatic nitrogens is 2. The van der Waals surface area contributed by atoms with E-state index >= 15 is 0 Å². The van der Waals surface area contributed by atoms with E-state index in [-0.39, 0.29) is 21.7 Å². The fourth-order valence-corrected chi connectivity index (χ4v) is 3.84. The topological polar surface area (TPSA) is 110 Å². The van der Waals surface area contributed by atoms with Crippen molar-refractivity contribution in [2.75, 3.05) is 0 Å². The normalized spacial score (nSPS) is 13.3. The molecule has 1 aromatic carbocycles. The van der Waals surface area contributed by atoms with Gasteiger partial charge in [-0.3, -0.25) is 4.79 Å². The molecule has 2 N–H and O–H groups in total. The van der Waals surface area contributed by atoms with Gasteiger partial charge in [0.1, 0.15) is 18.4 Å². The van der Waals surface area contributed by atoms with Crippen molar-refractivity contribution in [3.8, 4) is 5.75 Å². The molecule has 0 aliphatic heterocycles. The third-order valence-corrected chi connectivity index (χ3v) is 5.69. The summed E-state index contributed by atoms with van der Waals surface area (Å²) in [5, 5.41) is 12.4. The van der Waals surface area contributed by atoms with E-state index in [1.54, 1.807) is 12.1 Å². The average Bonchev–Trinajstić information content (AvgIpc) is 3.05. The molecule has 0 saturated heterocycles. The molecule has 0 bridgehead atoms. The number of ether oxygens (including phenoxy) is 1. The van der Waals surface area contributed by atoms with Crippen LogP contribution in [0.1, 0.15) is 18.2 Å². The molecule has 30 heavy (non-hydrogen) atoms. The average molecular weight is 443 g/mol. The van der Waals surface area contributed by atoms with Crippen LogP contribution in [0, 0.1) is 0 Å². The largest absolute Gasteiger partial charge is 0.489 e. The molecule has 0 aliphatic carbocycles. The van der Waals surface area contributed by atoms with E-state index < -0.39 is 40.5 Å². The molecule has 2 heterocycles. The Morgan fingerprint density at radius 1 is 1.23 bits per heavy atom. The summed E-state index contributed by atoms with van der Waals surface area (Å²) in [7, 11) is -4.08. The summed E-state index contributed by atoms with van der Waals surface area (Å²) >= 11 is 0. The van der Waals surface area contributed by atoms with E-state index in [0.717, 1.165) is 16.6 Å². The van der Waals surface area contributed by atoms with Crippen molar-refractivity contribution in [2.45, 2.75) is 30.6 Å². The van der Waals surface area contributed by atoms with Gasteiger partial charge in [-0.25, -0.2) is 12.9 Å². The van der Waals surface area contributed by atoms with E-state index in [9.17, 15) is 26.4 Å². The molecule has 160 valence electrons. The molecule has 0 spiro atoms. The maximum atomic E-state index is 13.3. The first-order valence-electron chi connectivity index (χ1n) is 8.50. The molecule has 0 aliphatic rings. The van der Waals surface area contributed by atoms with Crippen molar-refractivity contribution in [2.24, 2.45) is 0 Å². The molecular weight excluding hydrogens is 427 g/mol. The van der Waals surface area contributed by atoms with Gasteiger partial charge in [-0.05, 0) is 43.3 Å². The van der Waals surface area contributed by atoms with Crippen LogP contribution < -0.4 is 9.46 Å². The quantitative estimate of drug-likeness (QED) is 0.581. The lowest BCUT2D eigenvalue weighted by Crippen LogP contribution is -2.38. The summed E-state index contributed by atoms with van der Waals surface area (Å²) in [5.41, 5.74) is -0.993. The second-order valence-electron chi connectivity index (χ2n) is 6.30. The minimum absolute atomic E-state index is 0.128. The SMILES string of the molecule is CC(NS(=O)(=O)c1ccc(OCc2c(C(F)(F)F)nn3ccccc23)cc1)C(=O)O. The van der Waals surface area contributed by atoms with Crippen LogP contribution in [0.5, 0.6) is 5.75 Å². The number of aliphatic carboxylic acids is 1. The number of pyridine rings is 1. The lowest BCUT2D eigenvalue weighted by atomic mass is 10.2. The van der Waals surface area contributed by atoms with Crippen LogP contribution in [0.25, 0.3) is 5.52 Å². The summed E-state index contributed by atoms with van der Waals surface area (Å²) in [5.74, 6) is -1.21. The van der Waals surface area contributed by atoms with E-state index in [1.807, 2.05) is 4.72 Å². The highest BCUT2D eigenvalue weighted by molar-refractivity contribution is 7.89. The lowest BCUT2D eigenvalue weighted by Gasteiger charge is -2.11. The highest BCUT2D eigenvalue weighted by Gasteiger charge is 2.38. The molecule has 3 aromatic rings. The van der Waals surface area contributed by atoms with Gasteiger partial charge in [0.2, 0.25) is 10.0 Å². The molecule has 1 atom stereocenters. The van der Waals surface area contributed by atoms with Gasteiger partial charge in [0.25, 0.3) is 0 Å². The number of hydrogen-bond acceptors (Lipinski definition) is 5. The van der Waals surface area contributed by atoms with Gasteiger partial charge < -0.3 is 9.84 Å². The molecule has 12 heteroatoms. The Kier molecular flexibility index (Phi) is 5.72. The summed E-state index contributed by atoms with van der Waals surface area (Å²) in [6.07, 6.45) is -3.28. The number of benzene rings is 1. The number of carboxylic acids is 1. The maximum absolute atomic E-state index is 13.3. The van der Waals surface area contributed by atoms with Crippen LogP contribution in [0.15, 0.2) is 53.6 Å². The van der Waals surface area contributed by atoms with Crippen LogP contribution in [0.3, 0.4) is 0 Å². The van der Waals surface area contributed by atoms with Gasteiger partial charge in [0.15, 0.2) is 5.69 Å². The molecule has 3 rings (SSSR count). The number of rotatable bonds is 7. The highest BCUT2D eigenvalue weighted by atomic mass is 32.2. The van der Waals surface area contributed by atoms with Gasteiger partial charge in [-0.15, -0.1) is 0 Å². The van der Waals surface area contributed by atoms with Gasteiger partial charge in [-0.1, -0.05) is 6.07 Å². The van der Waals surface area contributed by atoms with Crippen molar-refractivity contribution in [1.82, 2.24) is 14.3 Å². The van der Waals surface area contributed by atoms with Gasteiger partial charge in [-0.2, -0.15) is 23.0 Å². The summed E-state index contributed by atoms with van der Waals surface area (Å²) in [4.78, 5) is 10.6. The smallest absolute Gasteiger partial charge is 0.435 e. The molecule has 2 aromatic heterocycles. The predicted octanol–water partition coefficient (Wildman–Crippen LogP) is 2.68. The number of carbonyl (C=O) groups is 1. The zero-order valence-electron chi connectivity index (χ0n) is 15.4. The molecule has 0 amide bonds.